The van der Waals surface area contributed by atoms with Crippen molar-refractivity contribution in [3.8, 4) is 0 Å². The summed E-state index contributed by atoms with van der Waals surface area (Å²) in [5.41, 5.74) is 6.77. The summed E-state index contributed by atoms with van der Waals surface area (Å²) in [6.45, 7) is 2.73. The number of carbonyl (C=O) groups is 2. The molecule has 1 amide bonds. The van der Waals surface area contributed by atoms with Crippen LogP contribution in [0.5, 0.6) is 0 Å². The molecule has 0 spiro atoms. The maximum atomic E-state index is 11.4. The van der Waals surface area contributed by atoms with E-state index in [1.165, 1.54) is 7.11 Å². The Morgan fingerprint density at radius 1 is 1.25 bits per heavy atom. The number of amides is 1. The Hall–Kier alpha value is -2.35. The number of nitrogens with zero attached hydrogens (tertiary/aromatic N) is 3. The molecule has 24 heavy (non-hydrogen) atoms. The number of hydrogen-bond acceptors (Lipinski definition) is 6. The van der Waals surface area contributed by atoms with Crippen LogP contribution in [-0.2, 0) is 28.2 Å². The van der Waals surface area contributed by atoms with Gasteiger partial charge in [-0.25, -0.2) is 4.79 Å². The van der Waals surface area contributed by atoms with Crippen molar-refractivity contribution in [3.63, 3.8) is 0 Å². The first-order valence-corrected chi connectivity index (χ1v) is 8.54. The number of rotatable bonds is 8. The number of primary amides is 1. The molecule has 0 aliphatic carbocycles. The molecule has 2 aromatic rings. The molecule has 0 fully saturated rings. The standard InChI is InChI=1S/C16H20N4O3S/c1-3-20-14(9-8-13(17)21)18-19-16(20)24-10-11-4-6-12(7-5-11)15(22)23-2/h4-7H,3,8-10H2,1-2H3,(H2,17,21). The lowest BCUT2D eigenvalue weighted by molar-refractivity contribution is -0.118. The lowest BCUT2D eigenvalue weighted by Gasteiger charge is -2.07. The molecule has 7 nitrogen and oxygen atoms in total. The van der Waals surface area contributed by atoms with E-state index in [1.807, 2.05) is 23.6 Å². The Bertz CT molecular complexity index is 713. The number of carbonyl (C=O) groups excluding carboxylic acids is 2. The van der Waals surface area contributed by atoms with Crippen LogP contribution in [0.15, 0.2) is 29.4 Å². The van der Waals surface area contributed by atoms with Gasteiger partial charge in [0.15, 0.2) is 5.16 Å². The Morgan fingerprint density at radius 2 is 1.96 bits per heavy atom. The Morgan fingerprint density at radius 3 is 2.54 bits per heavy atom. The van der Waals surface area contributed by atoms with Gasteiger partial charge in [0.1, 0.15) is 5.82 Å². The van der Waals surface area contributed by atoms with E-state index in [0.717, 1.165) is 23.1 Å². The molecule has 0 aliphatic heterocycles. The molecule has 1 heterocycles. The summed E-state index contributed by atoms with van der Waals surface area (Å²) in [7, 11) is 1.36. The van der Waals surface area contributed by atoms with Crippen LogP contribution in [0.1, 0.15) is 35.1 Å². The van der Waals surface area contributed by atoms with Gasteiger partial charge in [0.05, 0.1) is 12.7 Å². The molecule has 8 heteroatoms. The zero-order chi connectivity index (χ0) is 17.5. The number of methoxy groups -OCH3 is 1. The lowest BCUT2D eigenvalue weighted by Crippen LogP contribution is -2.13. The smallest absolute Gasteiger partial charge is 0.337 e. The van der Waals surface area contributed by atoms with Gasteiger partial charge in [-0.05, 0) is 24.6 Å². The van der Waals surface area contributed by atoms with E-state index in [-0.39, 0.29) is 18.3 Å². The van der Waals surface area contributed by atoms with Gasteiger partial charge in [-0.2, -0.15) is 0 Å². The highest BCUT2D eigenvalue weighted by atomic mass is 32.2. The molecule has 0 saturated carbocycles. The third-order valence-corrected chi connectivity index (χ3v) is 4.49. The topological polar surface area (TPSA) is 100 Å². The van der Waals surface area contributed by atoms with Gasteiger partial charge in [0.2, 0.25) is 5.91 Å². The Balaban J connectivity index is 2.01. The number of esters is 1. The maximum Gasteiger partial charge on any atom is 0.337 e. The molecule has 2 rings (SSSR count). The average Bonchev–Trinajstić information content (AvgIpc) is 2.99. The SMILES string of the molecule is CCn1c(CCC(N)=O)nnc1SCc1ccc(C(=O)OC)cc1. The number of hydrogen-bond donors (Lipinski definition) is 1. The molecule has 0 aliphatic rings. The van der Waals surface area contributed by atoms with Crippen molar-refractivity contribution in [3.05, 3.63) is 41.2 Å². The molecular weight excluding hydrogens is 328 g/mol. The van der Waals surface area contributed by atoms with Crippen molar-refractivity contribution in [1.82, 2.24) is 14.8 Å². The van der Waals surface area contributed by atoms with Crippen LogP contribution in [0.25, 0.3) is 0 Å². The second-order valence-corrected chi connectivity index (χ2v) is 6.03. The van der Waals surface area contributed by atoms with Gasteiger partial charge in [-0.3, -0.25) is 4.79 Å². The third kappa shape index (κ3) is 4.58. The van der Waals surface area contributed by atoms with Crippen molar-refractivity contribution >= 4 is 23.6 Å². The van der Waals surface area contributed by atoms with Crippen molar-refractivity contribution in [2.75, 3.05) is 7.11 Å². The van der Waals surface area contributed by atoms with Crippen molar-refractivity contribution in [1.29, 1.82) is 0 Å². The Labute approximate surface area is 144 Å². The van der Waals surface area contributed by atoms with Gasteiger partial charge in [0, 0.05) is 25.1 Å². The first-order valence-electron chi connectivity index (χ1n) is 7.55. The number of thioether (sulfide) groups is 1. The normalized spacial score (nSPS) is 10.6. The molecule has 0 unspecified atom stereocenters. The molecular formula is C16H20N4O3S. The molecule has 0 radical (unpaired) electrons. The average molecular weight is 348 g/mol. The summed E-state index contributed by atoms with van der Waals surface area (Å²) >= 11 is 1.56. The minimum absolute atomic E-state index is 0.262. The number of ether oxygens (including phenoxy) is 1. The van der Waals surface area contributed by atoms with Crippen molar-refractivity contribution < 1.29 is 14.3 Å². The van der Waals surface area contributed by atoms with Crippen LogP contribution < -0.4 is 5.73 Å². The van der Waals surface area contributed by atoms with Crippen LogP contribution in [0.3, 0.4) is 0 Å². The minimum Gasteiger partial charge on any atom is -0.465 e. The van der Waals surface area contributed by atoms with Crippen LogP contribution in [0.2, 0.25) is 0 Å². The predicted octanol–water partition coefficient (Wildman–Crippen LogP) is 1.79. The third-order valence-electron chi connectivity index (χ3n) is 3.45. The number of aromatic nitrogens is 3. The minimum atomic E-state index is -0.348. The van der Waals surface area contributed by atoms with Gasteiger partial charge in [-0.1, -0.05) is 23.9 Å². The van der Waals surface area contributed by atoms with E-state index in [2.05, 4.69) is 14.9 Å². The number of benzene rings is 1. The predicted molar refractivity (Wildman–Crippen MR) is 90.6 cm³/mol. The fraction of sp³-hybridized carbons (Fsp3) is 0.375. The second-order valence-electron chi connectivity index (χ2n) is 5.09. The van der Waals surface area contributed by atoms with E-state index < -0.39 is 0 Å². The van der Waals surface area contributed by atoms with E-state index in [4.69, 9.17) is 5.73 Å². The highest BCUT2D eigenvalue weighted by molar-refractivity contribution is 7.98. The monoisotopic (exact) mass is 348 g/mol. The molecule has 2 N–H and O–H groups in total. The van der Waals surface area contributed by atoms with Gasteiger partial charge in [0.25, 0.3) is 0 Å². The van der Waals surface area contributed by atoms with E-state index in [1.54, 1.807) is 23.9 Å². The van der Waals surface area contributed by atoms with Crippen molar-refractivity contribution in [2.24, 2.45) is 5.73 Å². The van der Waals surface area contributed by atoms with Crippen molar-refractivity contribution in [2.45, 2.75) is 37.2 Å². The van der Waals surface area contributed by atoms with Gasteiger partial charge >= 0.3 is 5.97 Å². The lowest BCUT2D eigenvalue weighted by atomic mass is 10.1. The summed E-state index contributed by atoms with van der Waals surface area (Å²) in [4.78, 5) is 22.3. The maximum absolute atomic E-state index is 11.4. The molecule has 0 atom stereocenters. The molecule has 0 saturated heterocycles. The van der Waals surface area contributed by atoms with E-state index in [9.17, 15) is 9.59 Å². The van der Waals surface area contributed by atoms with Crippen LogP contribution in [0, 0.1) is 0 Å². The summed E-state index contributed by atoms with van der Waals surface area (Å²) in [6.07, 6.45) is 0.752. The zero-order valence-electron chi connectivity index (χ0n) is 13.7. The first kappa shape index (κ1) is 18.0. The molecule has 1 aromatic heterocycles. The fourth-order valence-corrected chi connectivity index (χ4v) is 3.14. The van der Waals surface area contributed by atoms with Gasteiger partial charge in [-0.15, -0.1) is 10.2 Å². The van der Waals surface area contributed by atoms with Crippen LogP contribution in [0.4, 0.5) is 0 Å². The largest absolute Gasteiger partial charge is 0.465 e. The summed E-state index contributed by atoms with van der Waals surface area (Å²) in [6, 6.07) is 7.26. The van der Waals surface area contributed by atoms with Crippen LogP contribution >= 0.6 is 11.8 Å². The highest BCUT2D eigenvalue weighted by Crippen LogP contribution is 2.22. The van der Waals surface area contributed by atoms with E-state index >= 15 is 0 Å². The molecule has 0 bridgehead atoms. The molecule has 1 aromatic carbocycles. The molecule has 128 valence electrons. The fourth-order valence-electron chi connectivity index (χ4n) is 2.17. The van der Waals surface area contributed by atoms with Gasteiger partial charge < -0.3 is 15.0 Å². The number of nitrogens with two attached hydrogens (primary N) is 1. The summed E-state index contributed by atoms with van der Waals surface area (Å²) < 4.78 is 6.66. The summed E-state index contributed by atoms with van der Waals surface area (Å²) in [5, 5.41) is 9.13. The Kier molecular flexibility index (Phi) is 6.36. The second kappa shape index (κ2) is 8.49. The van der Waals surface area contributed by atoms with E-state index in [0.29, 0.717) is 17.7 Å². The first-order chi connectivity index (χ1) is 11.5. The highest BCUT2D eigenvalue weighted by Gasteiger charge is 2.12. The summed E-state index contributed by atoms with van der Waals surface area (Å²) in [5.74, 6) is 0.773. The number of aryl methyl sites for hydroxylation is 1. The van der Waals surface area contributed by atoms with Crippen LogP contribution in [-0.4, -0.2) is 33.8 Å². The quantitative estimate of drug-likeness (QED) is 0.577. The zero-order valence-corrected chi connectivity index (χ0v) is 14.5.